The Kier molecular flexibility index (Phi) is 8.36. The summed E-state index contributed by atoms with van der Waals surface area (Å²) < 4.78 is 10.9. The van der Waals surface area contributed by atoms with Gasteiger partial charge in [0, 0.05) is 39.1 Å². The lowest BCUT2D eigenvalue weighted by molar-refractivity contribution is -0.134. The van der Waals surface area contributed by atoms with Gasteiger partial charge in [-0.05, 0) is 60.0 Å². The molecule has 3 aromatic carbocycles. The minimum atomic E-state index is -0.144. The molecule has 7 nitrogen and oxygen atoms in total. The number of amides is 1. The summed E-state index contributed by atoms with van der Waals surface area (Å²) in [6.07, 6.45) is 0.664. The molecule has 0 spiro atoms. The molecule has 3 aromatic rings. The highest BCUT2D eigenvalue weighted by molar-refractivity contribution is 6.03. The van der Waals surface area contributed by atoms with Gasteiger partial charge in [0.05, 0.1) is 32.0 Å². The highest BCUT2D eigenvalue weighted by atomic mass is 16.5. The lowest BCUT2D eigenvalue weighted by Crippen LogP contribution is -2.49. The SMILES string of the molecule is CCOc1ccc([C@H]2CC(c3ccc(OC)cc3)=NN2C(=O)CN2CCN(Cc3ccccc3)CC2)cc1. The molecule has 1 saturated heterocycles. The van der Waals surface area contributed by atoms with Gasteiger partial charge in [-0.1, -0.05) is 42.5 Å². The van der Waals surface area contributed by atoms with E-state index in [4.69, 9.17) is 14.6 Å². The predicted octanol–water partition coefficient (Wildman–Crippen LogP) is 4.59. The third-order valence-corrected chi connectivity index (χ3v) is 7.24. The quantitative estimate of drug-likeness (QED) is 0.420. The molecule has 2 aliphatic rings. The van der Waals surface area contributed by atoms with E-state index in [9.17, 15) is 4.79 Å². The van der Waals surface area contributed by atoms with Crippen LogP contribution in [0.1, 0.15) is 36.1 Å². The van der Waals surface area contributed by atoms with Crippen LogP contribution in [-0.4, -0.2) is 72.9 Å². The van der Waals surface area contributed by atoms with Gasteiger partial charge >= 0.3 is 0 Å². The third kappa shape index (κ3) is 6.23. The topological polar surface area (TPSA) is 57.6 Å². The number of methoxy groups -OCH3 is 1. The van der Waals surface area contributed by atoms with Gasteiger partial charge in [-0.15, -0.1) is 0 Å². The fourth-order valence-corrected chi connectivity index (χ4v) is 5.12. The maximum atomic E-state index is 13.6. The molecule has 38 heavy (non-hydrogen) atoms. The number of ether oxygens (including phenoxy) is 2. The van der Waals surface area contributed by atoms with Crippen molar-refractivity contribution in [3.05, 3.63) is 95.6 Å². The molecular formula is C31H36N4O3. The molecule has 5 rings (SSSR count). The summed E-state index contributed by atoms with van der Waals surface area (Å²) in [4.78, 5) is 18.3. The van der Waals surface area contributed by atoms with Gasteiger partial charge in [0.25, 0.3) is 5.91 Å². The predicted molar refractivity (Wildman–Crippen MR) is 150 cm³/mol. The molecule has 0 aliphatic carbocycles. The fourth-order valence-electron chi connectivity index (χ4n) is 5.12. The second-order valence-corrected chi connectivity index (χ2v) is 9.77. The number of hydrazone groups is 1. The Hall–Kier alpha value is -3.68. The first-order valence-electron chi connectivity index (χ1n) is 13.4. The largest absolute Gasteiger partial charge is 0.497 e. The van der Waals surface area contributed by atoms with Crippen molar-refractivity contribution < 1.29 is 14.3 Å². The smallest absolute Gasteiger partial charge is 0.257 e. The monoisotopic (exact) mass is 512 g/mol. The first-order chi connectivity index (χ1) is 18.6. The number of piperazine rings is 1. The van der Waals surface area contributed by atoms with Crippen LogP contribution in [-0.2, 0) is 11.3 Å². The summed E-state index contributed by atoms with van der Waals surface area (Å²) in [6.45, 7) is 7.55. The van der Waals surface area contributed by atoms with E-state index in [1.807, 2.05) is 55.5 Å². The van der Waals surface area contributed by atoms with Crippen LogP contribution in [0.3, 0.4) is 0 Å². The van der Waals surface area contributed by atoms with Gasteiger partial charge in [-0.3, -0.25) is 14.6 Å². The Balaban J connectivity index is 1.27. The van der Waals surface area contributed by atoms with E-state index in [1.165, 1.54) is 5.56 Å². The van der Waals surface area contributed by atoms with Crippen molar-refractivity contribution in [2.75, 3.05) is 46.4 Å². The molecule has 7 heteroatoms. The lowest BCUT2D eigenvalue weighted by Gasteiger charge is -2.35. The highest BCUT2D eigenvalue weighted by Gasteiger charge is 2.34. The van der Waals surface area contributed by atoms with Crippen LogP contribution in [0, 0.1) is 0 Å². The molecule has 0 unspecified atom stereocenters. The average Bonchev–Trinajstić information content (AvgIpc) is 3.41. The van der Waals surface area contributed by atoms with E-state index >= 15 is 0 Å². The Bertz CT molecular complexity index is 1220. The van der Waals surface area contributed by atoms with Crippen LogP contribution in [0.4, 0.5) is 0 Å². The van der Waals surface area contributed by atoms with Gasteiger partial charge in [0.1, 0.15) is 11.5 Å². The summed E-state index contributed by atoms with van der Waals surface area (Å²) in [7, 11) is 1.66. The molecule has 1 fully saturated rings. The zero-order valence-electron chi connectivity index (χ0n) is 22.3. The zero-order chi connectivity index (χ0) is 26.3. The first-order valence-corrected chi connectivity index (χ1v) is 13.4. The average molecular weight is 513 g/mol. The van der Waals surface area contributed by atoms with Crippen molar-refractivity contribution in [1.29, 1.82) is 0 Å². The summed E-state index contributed by atoms with van der Waals surface area (Å²) in [5.41, 5.74) is 4.30. The molecule has 198 valence electrons. The van der Waals surface area contributed by atoms with Gasteiger partial charge in [0.15, 0.2) is 0 Å². The maximum Gasteiger partial charge on any atom is 0.257 e. The molecule has 1 amide bonds. The number of rotatable bonds is 9. The normalized spacial score (nSPS) is 18.3. The molecule has 2 aliphatic heterocycles. The van der Waals surface area contributed by atoms with Crippen LogP contribution >= 0.6 is 0 Å². The van der Waals surface area contributed by atoms with E-state index in [2.05, 4.69) is 40.1 Å². The van der Waals surface area contributed by atoms with Crippen molar-refractivity contribution in [2.45, 2.75) is 25.9 Å². The maximum absolute atomic E-state index is 13.6. The Morgan fingerprint density at radius 3 is 2.18 bits per heavy atom. The highest BCUT2D eigenvalue weighted by Crippen LogP contribution is 2.34. The standard InChI is InChI=1S/C31H36N4O3/c1-3-38-28-15-11-26(12-16-28)30-21-29(25-9-13-27(37-2)14-10-25)32-35(30)31(36)23-34-19-17-33(18-20-34)22-24-7-5-4-6-8-24/h4-16,30H,3,17-23H2,1-2H3/t30-/m1/s1. The van der Waals surface area contributed by atoms with Crippen molar-refractivity contribution in [1.82, 2.24) is 14.8 Å². The number of carbonyl (C=O) groups is 1. The summed E-state index contributed by atoms with van der Waals surface area (Å²) >= 11 is 0. The second kappa shape index (κ2) is 12.2. The number of benzene rings is 3. The number of carbonyl (C=O) groups excluding carboxylic acids is 1. The van der Waals surface area contributed by atoms with E-state index in [1.54, 1.807) is 12.1 Å². The van der Waals surface area contributed by atoms with E-state index < -0.39 is 0 Å². The molecule has 0 radical (unpaired) electrons. The third-order valence-electron chi connectivity index (χ3n) is 7.24. The van der Waals surface area contributed by atoms with Crippen LogP contribution in [0.25, 0.3) is 0 Å². The van der Waals surface area contributed by atoms with Gasteiger partial charge in [-0.25, -0.2) is 5.01 Å². The Labute approximate surface area is 225 Å². The van der Waals surface area contributed by atoms with E-state index in [0.717, 1.165) is 61.1 Å². The van der Waals surface area contributed by atoms with Crippen LogP contribution < -0.4 is 9.47 Å². The Morgan fingerprint density at radius 2 is 1.53 bits per heavy atom. The van der Waals surface area contributed by atoms with Gasteiger partial charge in [-0.2, -0.15) is 5.10 Å². The molecule has 0 N–H and O–H groups in total. The molecule has 1 atom stereocenters. The molecule has 0 saturated carbocycles. The van der Waals surface area contributed by atoms with Crippen molar-refractivity contribution in [3.63, 3.8) is 0 Å². The minimum absolute atomic E-state index is 0.0314. The summed E-state index contributed by atoms with van der Waals surface area (Å²) in [5.74, 6) is 1.66. The molecule has 0 aromatic heterocycles. The van der Waals surface area contributed by atoms with Crippen LogP contribution in [0.5, 0.6) is 11.5 Å². The van der Waals surface area contributed by atoms with E-state index in [0.29, 0.717) is 19.6 Å². The molecular weight excluding hydrogens is 476 g/mol. The van der Waals surface area contributed by atoms with Gasteiger partial charge in [0.2, 0.25) is 0 Å². The van der Waals surface area contributed by atoms with Crippen molar-refractivity contribution >= 4 is 11.6 Å². The molecule has 0 bridgehead atoms. The summed E-state index contributed by atoms with van der Waals surface area (Å²) in [5, 5.41) is 6.56. The number of nitrogens with zero attached hydrogens (tertiary/aromatic N) is 4. The van der Waals surface area contributed by atoms with Crippen molar-refractivity contribution in [3.8, 4) is 11.5 Å². The lowest BCUT2D eigenvalue weighted by atomic mass is 9.98. The molecule has 2 heterocycles. The number of hydrogen-bond acceptors (Lipinski definition) is 6. The minimum Gasteiger partial charge on any atom is -0.497 e. The zero-order valence-corrected chi connectivity index (χ0v) is 22.3. The van der Waals surface area contributed by atoms with Crippen molar-refractivity contribution in [2.24, 2.45) is 5.10 Å². The Morgan fingerprint density at radius 1 is 0.868 bits per heavy atom. The van der Waals surface area contributed by atoms with Crippen LogP contribution in [0.15, 0.2) is 84.0 Å². The fraction of sp³-hybridized carbons (Fsp3) is 0.355. The first kappa shape index (κ1) is 25.9. The number of hydrogen-bond donors (Lipinski definition) is 0. The summed E-state index contributed by atoms with van der Waals surface area (Å²) in [6, 6.07) is 26.3. The van der Waals surface area contributed by atoms with Gasteiger partial charge < -0.3 is 9.47 Å². The second-order valence-electron chi connectivity index (χ2n) is 9.77. The van der Waals surface area contributed by atoms with E-state index in [-0.39, 0.29) is 11.9 Å². The van der Waals surface area contributed by atoms with Crippen LogP contribution in [0.2, 0.25) is 0 Å².